The van der Waals surface area contributed by atoms with Gasteiger partial charge in [0.25, 0.3) is 0 Å². The minimum Gasteiger partial charge on any atom is -0.437 e. The Kier molecular flexibility index (Phi) is 5.99. The van der Waals surface area contributed by atoms with E-state index in [2.05, 4.69) is 26.8 Å². The molecule has 4 aromatic rings. The molecule has 0 saturated carbocycles. The van der Waals surface area contributed by atoms with Crippen molar-refractivity contribution >= 4 is 23.7 Å². The zero-order valence-corrected chi connectivity index (χ0v) is 21.0. The highest BCUT2D eigenvalue weighted by Gasteiger charge is 2.32. The van der Waals surface area contributed by atoms with E-state index >= 15 is 0 Å². The van der Waals surface area contributed by atoms with Crippen LogP contribution in [-0.4, -0.2) is 22.5 Å². The Morgan fingerprint density at radius 1 is 1.11 bits per heavy atom. The van der Waals surface area contributed by atoms with Gasteiger partial charge < -0.3 is 4.74 Å². The van der Waals surface area contributed by atoms with Crippen LogP contribution in [0.3, 0.4) is 0 Å². The van der Waals surface area contributed by atoms with Crippen molar-refractivity contribution in [3.8, 4) is 28.8 Å². The van der Waals surface area contributed by atoms with Crippen molar-refractivity contribution in [2.75, 3.05) is 11.4 Å². The smallest absolute Gasteiger partial charge is 0.332 e. The van der Waals surface area contributed by atoms with Gasteiger partial charge in [-0.2, -0.15) is 5.26 Å². The normalized spacial score (nSPS) is 15.2. The number of ether oxygens (including phenoxy) is 1. The van der Waals surface area contributed by atoms with Gasteiger partial charge in [-0.05, 0) is 90.4 Å². The molecule has 0 bridgehead atoms. The van der Waals surface area contributed by atoms with E-state index in [1.807, 2.05) is 61.5 Å². The average molecular weight is 506 g/mol. The first-order valence-electron chi connectivity index (χ1n) is 12.0. The van der Waals surface area contributed by atoms with Crippen LogP contribution in [0.5, 0.6) is 11.6 Å². The maximum Gasteiger partial charge on any atom is 0.332 e. The second-order valence-electron chi connectivity index (χ2n) is 9.07. The van der Waals surface area contributed by atoms with Crippen LogP contribution in [-0.2, 0) is 12.8 Å². The van der Waals surface area contributed by atoms with Crippen molar-refractivity contribution < 1.29 is 9.53 Å². The van der Waals surface area contributed by atoms with Crippen molar-refractivity contribution in [3.63, 3.8) is 0 Å². The molecule has 1 N–H and O–H groups in total. The lowest BCUT2D eigenvalue weighted by Crippen LogP contribution is -2.35. The molecular weight excluding hydrogens is 482 g/mol. The van der Waals surface area contributed by atoms with Crippen molar-refractivity contribution in [2.45, 2.75) is 30.6 Å². The van der Waals surface area contributed by atoms with Gasteiger partial charge in [0.05, 0.1) is 17.7 Å². The Morgan fingerprint density at radius 3 is 2.70 bits per heavy atom. The molecule has 1 unspecified atom stereocenters. The van der Waals surface area contributed by atoms with Crippen molar-refractivity contribution in [2.24, 2.45) is 0 Å². The number of nitrogens with one attached hydrogen (secondary N) is 1. The lowest BCUT2D eigenvalue weighted by Gasteiger charge is -2.27. The Labute approximate surface area is 219 Å². The highest BCUT2D eigenvalue weighted by Crippen LogP contribution is 2.41. The van der Waals surface area contributed by atoms with Gasteiger partial charge in [0.2, 0.25) is 5.88 Å². The van der Waals surface area contributed by atoms with E-state index in [9.17, 15) is 10.1 Å². The summed E-state index contributed by atoms with van der Waals surface area (Å²) in [5.74, 6) is 1.14. The molecule has 1 atom stereocenters. The number of nitrogens with zero attached hydrogens (tertiary/aromatic N) is 4. The molecule has 0 spiro atoms. The monoisotopic (exact) mass is 505 g/mol. The minimum atomic E-state index is -0.149. The van der Waals surface area contributed by atoms with Gasteiger partial charge in [0.1, 0.15) is 0 Å². The first-order valence-corrected chi connectivity index (χ1v) is 12.9. The molecule has 2 amide bonds. The summed E-state index contributed by atoms with van der Waals surface area (Å²) in [6, 6.07) is 21.8. The molecule has 0 saturated heterocycles. The van der Waals surface area contributed by atoms with E-state index in [0.717, 1.165) is 45.8 Å². The number of aromatic nitrogens is 2. The fourth-order valence-electron chi connectivity index (χ4n) is 4.71. The number of urea groups is 1. The number of carbonyl (C=O) groups excluding carboxylic acids is 1. The number of anilines is 1. The number of amides is 2. The molecule has 7 nitrogen and oxygen atoms in total. The number of pyridine rings is 2. The van der Waals surface area contributed by atoms with Crippen LogP contribution in [0.4, 0.5) is 10.5 Å². The van der Waals surface area contributed by atoms with Gasteiger partial charge in [-0.25, -0.2) is 9.78 Å². The van der Waals surface area contributed by atoms with Crippen molar-refractivity contribution in [1.29, 1.82) is 5.26 Å². The van der Waals surface area contributed by atoms with E-state index in [4.69, 9.17) is 4.74 Å². The summed E-state index contributed by atoms with van der Waals surface area (Å²) >= 11 is 1.29. The first-order chi connectivity index (χ1) is 18.1. The van der Waals surface area contributed by atoms with Crippen LogP contribution in [0.2, 0.25) is 0 Å². The fourth-order valence-corrected chi connectivity index (χ4v) is 5.29. The van der Waals surface area contributed by atoms with Gasteiger partial charge in [-0.3, -0.25) is 14.6 Å². The molecule has 182 valence electrons. The predicted molar refractivity (Wildman–Crippen MR) is 143 cm³/mol. The second kappa shape index (κ2) is 9.60. The summed E-state index contributed by atoms with van der Waals surface area (Å²) < 4.78 is 8.79. The summed E-state index contributed by atoms with van der Waals surface area (Å²) in [6.45, 7) is 2.54. The molecule has 1 aliphatic carbocycles. The van der Waals surface area contributed by atoms with Gasteiger partial charge >= 0.3 is 6.03 Å². The number of fused-ring (bicyclic) bond motifs is 2. The first kappa shape index (κ1) is 23.1. The zero-order chi connectivity index (χ0) is 25.4. The standard InChI is InChI=1S/C29H23N5O2S/c1-18-27(3-2-11-31-18)36-28-9-6-21(17-32-28)19-4-7-24(8-5-19)37-33-29(35)34-12-10-20-13-22-14-23(16-30)25(22)15-26(20)34/h2-9,11,13,15,17,23H,10,12,14H2,1H3,(H,33,35). The molecule has 37 heavy (non-hydrogen) atoms. The second-order valence-corrected chi connectivity index (χ2v) is 9.95. The highest BCUT2D eigenvalue weighted by atomic mass is 32.2. The Morgan fingerprint density at radius 2 is 1.95 bits per heavy atom. The Bertz CT molecular complexity index is 1530. The Balaban J connectivity index is 1.07. The summed E-state index contributed by atoms with van der Waals surface area (Å²) in [5, 5.41) is 9.28. The van der Waals surface area contributed by atoms with Gasteiger partial charge in [0, 0.05) is 41.2 Å². The minimum absolute atomic E-state index is 0.0528. The molecule has 2 aromatic heterocycles. The number of carbonyl (C=O) groups is 1. The van der Waals surface area contributed by atoms with Crippen molar-refractivity contribution in [3.05, 3.63) is 95.4 Å². The highest BCUT2D eigenvalue weighted by molar-refractivity contribution is 7.98. The van der Waals surface area contributed by atoms with Crippen LogP contribution >= 0.6 is 11.9 Å². The molecule has 2 aromatic carbocycles. The third-order valence-corrected chi connectivity index (χ3v) is 7.57. The largest absolute Gasteiger partial charge is 0.437 e. The summed E-state index contributed by atoms with van der Waals surface area (Å²) in [6.07, 6.45) is 5.16. The van der Waals surface area contributed by atoms with Crippen molar-refractivity contribution in [1.82, 2.24) is 14.7 Å². The van der Waals surface area contributed by atoms with E-state index in [0.29, 0.717) is 18.2 Å². The molecule has 8 heteroatoms. The van der Waals surface area contributed by atoms with Crippen LogP contribution in [0.1, 0.15) is 28.3 Å². The molecule has 6 rings (SSSR count). The fraction of sp³-hybridized carbons (Fsp3) is 0.172. The number of rotatable bonds is 5. The molecule has 0 radical (unpaired) electrons. The molecule has 0 fully saturated rings. The van der Waals surface area contributed by atoms with Gasteiger partial charge in [-0.15, -0.1) is 0 Å². The Hall–Kier alpha value is -4.35. The topological polar surface area (TPSA) is 91.1 Å². The summed E-state index contributed by atoms with van der Waals surface area (Å²) in [5.41, 5.74) is 7.20. The van der Waals surface area contributed by atoms with E-state index in [1.54, 1.807) is 17.3 Å². The number of nitriles is 1. The SMILES string of the molecule is Cc1ncccc1Oc1ccc(-c2ccc(SNC(=O)N3CCc4cc5c(cc43)C(C#N)C5)cc2)cn1. The van der Waals surface area contributed by atoms with Gasteiger partial charge in [0.15, 0.2) is 5.75 Å². The van der Waals surface area contributed by atoms with Crippen LogP contribution in [0, 0.1) is 18.3 Å². The molecule has 1 aliphatic heterocycles. The summed E-state index contributed by atoms with van der Waals surface area (Å²) in [4.78, 5) is 24.3. The van der Waals surface area contributed by atoms with Crippen LogP contribution in [0.15, 0.2) is 78.0 Å². The van der Waals surface area contributed by atoms with Gasteiger partial charge in [-0.1, -0.05) is 18.2 Å². The number of benzene rings is 2. The lowest BCUT2D eigenvalue weighted by molar-refractivity contribution is 0.252. The molecule has 2 aliphatic rings. The third kappa shape index (κ3) is 4.50. The lowest BCUT2D eigenvalue weighted by atomic mass is 9.77. The van der Waals surface area contributed by atoms with Crippen LogP contribution in [0.25, 0.3) is 11.1 Å². The third-order valence-electron chi connectivity index (χ3n) is 6.79. The van der Waals surface area contributed by atoms with Crippen LogP contribution < -0.4 is 14.4 Å². The van der Waals surface area contributed by atoms with E-state index < -0.39 is 0 Å². The number of hydrogen-bond donors (Lipinski definition) is 1. The average Bonchev–Trinajstić information content (AvgIpc) is 3.33. The summed E-state index contributed by atoms with van der Waals surface area (Å²) in [7, 11) is 0. The molecular formula is C29H23N5O2S. The van der Waals surface area contributed by atoms with E-state index in [1.165, 1.54) is 23.1 Å². The zero-order valence-electron chi connectivity index (χ0n) is 20.1. The van der Waals surface area contributed by atoms with E-state index in [-0.39, 0.29) is 11.9 Å². The maximum absolute atomic E-state index is 12.9. The number of hydrogen-bond acceptors (Lipinski definition) is 6. The molecule has 3 heterocycles. The number of aryl methyl sites for hydroxylation is 1. The maximum atomic E-state index is 12.9. The predicted octanol–water partition coefficient (Wildman–Crippen LogP) is 6.19. The quantitative estimate of drug-likeness (QED) is 0.325.